The summed E-state index contributed by atoms with van der Waals surface area (Å²) in [6, 6.07) is 18.1. The molecule has 0 unspecified atom stereocenters. The Balaban J connectivity index is 1.65. The van der Waals surface area contributed by atoms with Crippen molar-refractivity contribution in [3.8, 4) is 11.1 Å². The van der Waals surface area contributed by atoms with Crippen molar-refractivity contribution >= 4 is 18.0 Å². The van der Waals surface area contributed by atoms with E-state index in [-0.39, 0.29) is 11.8 Å². The van der Waals surface area contributed by atoms with E-state index >= 15 is 0 Å². The number of rotatable bonds is 10. The summed E-state index contributed by atoms with van der Waals surface area (Å²) >= 11 is 0. The van der Waals surface area contributed by atoms with Gasteiger partial charge in [0.05, 0.1) is 6.21 Å². The highest BCUT2D eigenvalue weighted by Crippen LogP contribution is 2.18. The van der Waals surface area contributed by atoms with E-state index in [1.807, 2.05) is 42.5 Å². The molecular weight excluding hydrogens is 342 g/mol. The lowest BCUT2D eigenvalue weighted by atomic mass is 10.0. The Morgan fingerprint density at radius 3 is 2.04 bits per heavy atom. The minimum absolute atomic E-state index is 0.125. The van der Waals surface area contributed by atoms with Crippen LogP contribution in [0.4, 0.5) is 0 Å². The van der Waals surface area contributed by atoms with E-state index in [1.54, 1.807) is 11.7 Å². The molecule has 0 atom stereocenters. The van der Waals surface area contributed by atoms with Gasteiger partial charge in [-0.05, 0) is 29.5 Å². The molecule has 0 saturated heterocycles. The number of hydrazone groups is 1. The minimum Gasteiger partial charge on any atom is -0.289 e. The van der Waals surface area contributed by atoms with Gasteiger partial charge in [0.2, 0.25) is 11.8 Å². The van der Waals surface area contributed by atoms with Crippen molar-refractivity contribution < 1.29 is 14.8 Å². The maximum atomic E-state index is 11.7. The number of hydroxylamine groups is 1. The number of nitrogens with one attached hydrogen (secondary N) is 2. The second-order valence-electron chi connectivity index (χ2n) is 6.23. The fourth-order valence-corrected chi connectivity index (χ4v) is 2.61. The summed E-state index contributed by atoms with van der Waals surface area (Å²) < 4.78 is 0. The van der Waals surface area contributed by atoms with Crippen LogP contribution in [0.3, 0.4) is 0 Å². The number of carbonyl (C=O) groups excluding carboxylic acids is 2. The Morgan fingerprint density at radius 2 is 1.41 bits per heavy atom. The van der Waals surface area contributed by atoms with Crippen LogP contribution in [0.15, 0.2) is 59.7 Å². The standard InChI is InChI=1S/C21H25N3O3/c25-20(10-6-1-2-7-11-21(26)24-27)23-22-16-17-12-14-19(15-13-17)18-8-4-3-5-9-18/h3-5,8-9,12-16,27H,1-2,6-7,10-11H2,(H,23,25)(H,24,26). The predicted octanol–water partition coefficient (Wildman–Crippen LogP) is 3.65. The summed E-state index contributed by atoms with van der Waals surface area (Å²) in [4.78, 5) is 22.6. The van der Waals surface area contributed by atoms with Gasteiger partial charge in [0, 0.05) is 12.8 Å². The maximum absolute atomic E-state index is 11.7. The SMILES string of the molecule is O=C(CCCCCCC(=O)NN=Cc1ccc(-c2ccccc2)cc1)NO. The Bertz CT molecular complexity index is 743. The molecule has 2 amide bonds. The van der Waals surface area contributed by atoms with Gasteiger partial charge in [-0.15, -0.1) is 0 Å². The molecule has 0 heterocycles. The third-order valence-corrected chi connectivity index (χ3v) is 4.10. The zero-order valence-corrected chi connectivity index (χ0v) is 15.2. The lowest BCUT2D eigenvalue weighted by Gasteiger charge is -2.02. The molecule has 2 rings (SSSR count). The molecule has 0 aliphatic rings. The summed E-state index contributed by atoms with van der Waals surface area (Å²) in [5.74, 6) is -0.501. The molecular formula is C21H25N3O3. The van der Waals surface area contributed by atoms with E-state index in [0.29, 0.717) is 19.3 Å². The van der Waals surface area contributed by atoms with Crippen LogP contribution in [0.25, 0.3) is 11.1 Å². The first-order valence-corrected chi connectivity index (χ1v) is 9.09. The Hall–Kier alpha value is -2.99. The quantitative estimate of drug-likeness (QED) is 0.259. The van der Waals surface area contributed by atoms with E-state index < -0.39 is 0 Å². The lowest BCUT2D eigenvalue weighted by Crippen LogP contribution is -2.18. The van der Waals surface area contributed by atoms with Crippen LogP contribution in [0.5, 0.6) is 0 Å². The van der Waals surface area contributed by atoms with Crippen molar-refractivity contribution in [1.82, 2.24) is 10.9 Å². The third-order valence-electron chi connectivity index (χ3n) is 4.10. The van der Waals surface area contributed by atoms with E-state index in [0.717, 1.165) is 36.0 Å². The summed E-state index contributed by atoms with van der Waals surface area (Å²) in [6.07, 6.45) is 5.47. The van der Waals surface area contributed by atoms with Crippen LogP contribution in [0, 0.1) is 0 Å². The van der Waals surface area contributed by atoms with Crippen molar-refractivity contribution in [2.45, 2.75) is 38.5 Å². The van der Waals surface area contributed by atoms with Crippen LogP contribution in [-0.4, -0.2) is 23.2 Å². The fourth-order valence-electron chi connectivity index (χ4n) is 2.61. The summed E-state index contributed by atoms with van der Waals surface area (Å²) in [5, 5.41) is 12.4. The number of nitrogens with zero attached hydrogens (tertiary/aromatic N) is 1. The van der Waals surface area contributed by atoms with Crippen LogP contribution in [-0.2, 0) is 9.59 Å². The highest BCUT2D eigenvalue weighted by molar-refractivity contribution is 5.83. The molecule has 2 aromatic rings. The molecule has 0 bridgehead atoms. The number of carbonyl (C=O) groups is 2. The van der Waals surface area contributed by atoms with Gasteiger partial charge in [-0.25, -0.2) is 10.9 Å². The normalized spacial score (nSPS) is 10.7. The first kappa shape index (κ1) is 20.3. The molecule has 0 aromatic heterocycles. The number of benzene rings is 2. The second-order valence-corrected chi connectivity index (χ2v) is 6.23. The van der Waals surface area contributed by atoms with Crippen molar-refractivity contribution in [2.24, 2.45) is 5.10 Å². The van der Waals surface area contributed by atoms with Crippen LogP contribution in [0.2, 0.25) is 0 Å². The molecule has 0 fully saturated rings. The van der Waals surface area contributed by atoms with Crippen LogP contribution < -0.4 is 10.9 Å². The maximum Gasteiger partial charge on any atom is 0.243 e. The number of amides is 2. The molecule has 3 N–H and O–H groups in total. The van der Waals surface area contributed by atoms with Gasteiger partial charge in [0.25, 0.3) is 0 Å². The van der Waals surface area contributed by atoms with Gasteiger partial charge in [-0.2, -0.15) is 5.10 Å². The van der Waals surface area contributed by atoms with Gasteiger partial charge < -0.3 is 0 Å². The van der Waals surface area contributed by atoms with Crippen molar-refractivity contribution in [3.63, 3.8) is 0 Å². The largest absolute Gasteiger partial charge is 0.289 e. The van der Waals surface area contributed by atoms with Gasteiger partial charge in [0.1, 0.15) is 0 Å². The van der Waals surface area contributed by atoms with Crippen molar-refractivity contribution in [1.29, 1.82) is 0 Å². The van der Waals surface area contributed by atoms with E-state index in [2.05, 4.69) is 22.7 Å². The zero-order chi connectivity index (χ0) is 19.3. The first-order chi connectivity index (χ1) is 13.2. The van der Waals surface area contributed by atoms with E-state index in [1.165, 1.54) is 0 Å². The molecule has 0 saturated carbocycles. The summed E-state index contributed by atoms with van der Waals surface area (Å²) in [7, 11) is 0. The molecule has 142 valence electrons. The predicted molar refractivity (Wildman–Crippen MR) is 105 cm³/mol. The molecule has 0 spiro atoms. The molecule has 0 aliphatic heterocycles. The summed E-state index contributed by atoms with van der Waals surface area (Å²) in [5.41, 5.74) is 7.34. The minimum atomic E-state index is -0.376. The van der Waals surface area contributed by atoms with Gasteiger partial charge in [-0.1, -0.05) is 67.4 Å². The van der Waals surface area contributed by atoms with Gasteiger partial charge in [0.15, 0.2) is 0 Å². The van der Waals surface area contributed by atoms with Gasteiger partial charge >= 0.3 is 0 Å². The Kier molecular flexibility index (Phi) is 8.73. The van der Waals surface area contributed by atoms with E-state index in [4.69, 9.17) is 5.21 Å². The second kappa shape index (κ2) is 11.6. The van der Waals surface area contributed by atoms with Crippen molar-refractivity contribution in [2.75, 3.05) is 0 Å². The van der Waals surface area contributed by atoms with Crippen LogP contribution >= 0.6 is 0 Å². The topological polar surface area (TPSA) is 90.8 Å². The van der Waals surface area contributed by atoms with Gasteiger partial charge in [-0.3, -0.25) is 14.8 Å². The van der Waals surface area contributed by atoms with Crippen LogP contribution in [0.1, 0.15) is 44.1 Å². The zero-order valence-electron chi connectivity index (χ0n) is 15.2. The number of hydrogen-bond donors (Lipinski definition) is 3. The number of hydrogen-bond acceptors (Lipinski definition) is 4. The Morgan fingerprint density at radius 1 is 0.815 bits per heavy atom. The van der Waals surface area contributed by atoms with Crippen molar-refractivity contribution in [3.05, 3.63) is 60.2 Å². The Labute approximate surface area is 159 Å². The molecule has 6 nitrogen and oxygen atoms in total. The lowest BCUT2D eigenvalue weighted by molar-refractivity contribution is -0.129. The molecule has 0 radical (unpaired) electrons. The number of unbranched alkanes of at least 4 members (excludes halogenated alkanes) is 3. The monoisotopic (exact) mass is 367 g/mol. The summed E-state index contributed by atoms with van der Waals surface area (Å²) in [6.45, 7) is 0. The fraction of sp³-hybridized carbons (Fsp3) is 0.286. The molecule has 6 heteroatoms. The highest BCUT2D eigenvalue weighted by atomic mass is 16.5. The average molecular weight is 367 g/mol. The van der Waals surface area contributed by atoms with E-state index in [9.17, 15) is 9.59 Å². The average Bonchev–Trinajstić information content (AvgIpc) is 2.71. The highest BCUT2D eigenvalue weighted by Gasteiger charge is 2.01. The smallest absolute Gasteiger partial charge is 0.243 e. The first-order valence-electron chi connectivity index (χ1n) is 9.09. The third kappa shape index (κ3) is 7.83. The molecule has 27 heavy (non-hydrogen) atoms. The molecule has 2 aromatic carbocycles. The molecule has 0 aliphatic carbocycles.